The first-order chi connectivity index (χ1) is 12.6. The number of amides is 1. The summed E-state index contributed by atoms with van der Waals surface area (Å²) < 4.78 is 10.6. The molecule has 3 rings (SSSR count). The van der Waals surface area contributed by atoms with Crippen LogP contribution < -0.4 is 20.5 Å². The number of nitrogens with two attached hydrogens (primary N) is 1. The van der Waals surface area contributed by atoms with Gasteiger partial charge in [-0.25, -0.2) is 0 Å². The third kappa shape index (κ3) is 6.33. The lowest BCUT2D eigenvalue weighted by Gasteiger charge is -2.34. The van der Waals surface area contributed by atoms with Crippen LogP contribution in [0.3, 0.4) is 0 Å². The number of ether oxygens (including phenoxy) is 2. The number of benzene rings is 1. The predicted octanol–water partition coefficient (Wildman–Crippen LogP) is 3.47. The Morgan fingerprint density at radius 2 is 1.68 bits per heavy atom. The van der Waals surface area contributed by atoms with Crippen LogP contribution in [0.15, 0.2) is 18.2 Å². The van der Waals surface area contributed by atoms with Crippen molar-refractivity contribution in [2.24, 2.45) is 11.7 Å². The average Bonchev–Trinajstić information content (AvgIpc) is 3.06. The van der Waals surface area contributed by atoms with Crippen molar-refractivity contribution in [1.29, 1.82) is 0 Å². The highest BCUT2D eigenvalue weighted by molar-refractivity contribution is 5.85. The van der Waals surface area contributed by atoms with Crippen LogP contribution in [0.1, 0.15) is 38.5 Å². The van der Waals surface area contributed by atoms with Crippen molar-refractivity contribution >= 4 is 36.4 Å². The summed E-state index contributed by atoms with van der Waals surface area (Å²) in [4.78, 5) is 14.6. The maximum atomic E-state index is 12.5. The second kappa shape index (κ2) is 11.6. The largest absolute Gasteiger partial charge is 0.497 e. The molecule has 3 N–H and O–H groups in total. The summed E-state index contributed by atoms with van der Waals surface area (Å²) in [7, 11) is 3.30. The SMILES string of the molecule is COc1cc(NC2CCN(C(=O)C[C@@H]3CCC[C@H]3N)CC2)cc(OC)c1.Cl.Cl. The summed E-state index contributed by atoms with van der Waals surface area (Å²) >= 11 is 0. The van der Waals surface area contributed by atoms with Gasteiger partial charge in [0.2, 0.25) is 5.91 Å². The molecule has 0 unspecified atom stereocenters. The maximum Gasteiger partial charge on any atom is 0.222 e. The zero-order chi connectivity index (χ0) is 18.5. The van der Waals surface area contributed by atoms with Gasteiger partial charge in [-0.05, 0) is 31.6 Å². The van der Waals surface area contributed by atoms with E-state index >= 15 is 0 Å². The molecule has 1 amide bonds. The van der Waals surface area contributed by atoms with Crippen LogP contribution in [0.4, 0.5) is 5.69 Å². The number of hydrogen-bond acceptors (Lipinski definition) is 5. The Balaban J connectivity index is 0.00000196. The number of nitrogens with zero attached hydrogens (tertiary/aromatic N) is 1. The lowest BCUT2D eigenvalue weighted by Crippen LogP contribution is -2.43. The molecule has 1 saturated carbocycles. The molecule has 1 aromatic carbocycles. The van der Waals surface area contributed by atoms with E-state index in [1.54, 1.807) is 14.2 Å². The van der Waals surface area contributed by atoms with E-state index in [1.807, 2.05) is 23.1 Å². The van der Waals surface area contributed by atoms with E-state index in [-0.39, 0.29) is 36.8 Å². The number of halogens is 2. The van der Waals surface area contributed by atoms with Gasteiger partial charge in [0.1, 0.15) is 11.5 Å². The Hall–Kier alpha value is -1.37. The monoisotopic (exact) mass is 433 g/mol. The fraction of sp³-hybridized carbons (Fsp3) is 0.650. The van der Waals surface area contributed by atoms with Crippen molar-refractivity contribution < 1.29 is 14.3 Å². The Morgan fingerprint density at radius 3 is 2.18 bits per heavy atom. The molecule has 8 heteroatoms. The molecule has 1 aromatic rings. The normalized spacial score (nSPS) is 22.0. The molecule has 2 aliphatic rings. The molecule has 2 atom stereocenters. The fourth-order valence-electron chi connectivity index (χ4n) is 4.07. The van der Waals surface area contributed by atoms with E-state index in [1.165, 1.54) is 0 Å². The lowest BCUT2D eigenvalue weighted by molar-refractivity contribution is -0.133. The number of likely N-dealkylation sites (tertiary alicyclic amines) is 1. The quantitative estimate of drug-likeness (QED) is 0.717. The van der Waals surface area contributed by atoms with Gasteiger partial charge in [0.05, 0.1) is 14.2 Å². The minimum absolute atomic E-state index is 0. The van der Waals surface area contributed by atoms with E-state index < -0.39 is 0 Å². The van der Waals surface area contributed by atoms with Crippen molar-refractivity contribution in [3.63, 3.8) is 0 Å². The number of hydrogen-bond donors (Lipinski definition) is 2. The zero-order valence-corrected chi connectivity index (χ0v) is 18.3. The molecular formula is C20H33Cl2N3O3. The molecule has 0 radical (unpaired) electrons. The van der Waals surface area contributed by atoms with E-state index in [2.05, 4.69) is 5.32 Å². The van der Waals surface area contributed by atoms with Gasteiger partial charge >= 0.3 is 0 Å². The smallest absolute Gasteiger partial charge is 0.222 e. The first-order valence-corrected chi connectivity index (χ1v) is 9.62. The highest BCUT2D eigenvalue weighted by Crippen LogP contribution is 2.29. The van der Waals surface area contributed by atoms with Crippen molar-refractivity contribution in [1.82, 2.24) is 4.90 Å². The first kappa shape index (κ1) is 24.7. The maximum absolute atomic E-state index is 12.5. The molecule has 28 heavy (non-hydrogen) atoms. The van der Waals surface area contributed by atoms with Gasteiger partial charge in [-0.15, -0.1) is 24.8 Å². The van der Waals surface area contributed by atoms with E-state index in [9.17, 15) is 4.79 Å². The third-order valence-corrected chi connectivity index (χ3v) is 5.72. The van der Waals surface area contributed by atoms with Crippen molar-refractivity contribution in [3.05, 3.63) is 18.2 Å². The minimum atomic E-state index is 0. The predicted molar refractivity (Wildman–Crippen MR) is 117 cm³/mol. The Labute approximate surface area is 180 Å². The molecule has 1 aliphatic carbocycles. The number of rotatable bonds is 6. The lowest BCUT2D eigenvalue weighted by atomic mass is 9.98. The topological polar surface area (TPSA) is 76.8 Å². The van der Waals surface area contributed by atoms with E-state index in [4.69, 9.17) is 15.2 Å². The summed E-state index contributed by atoms with van der Waals surface area (Å²) in [6, 6.07) is 6.37. The van der Waals surface area contributed by atoms with Crippen LogP contribution >= 0.6 is 24.8 Å². The molecule has 0 spiro atoms. The fourth-order valence-corrected chi connectivity index (χ4v) is 4.07. The van der Waals surface area contributed by atoms with Gasteiger partial charge in [0, 0.05) is 55.5 Å². The van der Waals surface area contributed by atoms with Gasteiger partial charge in [0.25, 0.3) is 0 Å². The number of carbonyl (C=O) groups is 1. The summed E-state index contributed by atoms with van der Waals surface area (Å²) in [5.74, 6) is 2.19. The van der Waals surface area contributed by atoms with Crippen molar-refractivity contribution in [2.45, 2.75) is 50.6 Å². The molecule has 160 valence electrons. The van der Waals surface area contributed by atoms with Crippen LogP contribution in [-0.4, -0.2) is 50.2 Å². The molecule has 1 heterocycles. The van der Waals surface area contributed by atoms with Gasteiger partial charge in [-0.3, -0.25) is 4.79 Å². The number of carbonyl (C=O) groups excluding carboxylic acids is 1. The molecule has 0 bridgehead atoms. The van der Waals surface area contributed by atoms with Crippen LogP contribution in [0.5, 0.6) is 11.5 Å². The molecule has 6 nitrogen and oxygen atoms in total. The van der Waals surface area contributed by atoms with Crippen LogP contribution in [0, 0.1) is 5.92 Å². The van der Waals surface area contributed by atoms with Crippen LogP contribution in [-0.2, 0) is 4.79 Å². The molecule has 1 saturated heterocycles. The number of piperidine rings is 1. The summed E-state index contributed by atoms with van der Waals surface area (Å²) in [5, 5.41) is 3.55. The highest BCUT2D eigenvalue weighted by Gasteiger charge is 2.29. The highest BCUT2D eigenvalue weighted by atomic mass is 35.5. The van der Waals surface area contributed by atoms with E-state index in [0.29, 0.717) is 18.4 Å². The van der Waals surface area contributed by atoms with Crippen molar-refractivity contribution in [3.8, 4) is 11.5 Å². The van der Waals surface area contributed by atoms with Crippen molar-refractivity contribution in [2.75, 3.05) is 32.6 Å². The molecular weight excluding hydrogens is 401 g/mol. The minimum Gasteiger partial charge on any atom is -0.497 e. The Kier molecular flexibility index (Phi) is 10.2. The van der Waals surface area contributed by atoms with Gasteiger partial charge in [-0.2, -0.15) is 0 Å². The van der Waals surface area contributed by atoms with Gasteiger partial charge in [0.15, 0.2) is 0 Å². The van der Waals surface area contributed by atoms with Crippen LogP contribution in [0.25, 0.3) is 0 Å². The summed E-state index contributed by atoms with van der Waals surface area (Å²) in [5.41, 5.74) is 7.10. The number of anilines is 1. The van der Waals surface area contributed by atoms with E-state index in [0.717, 1.165) is 62.4 Å². The van der Waals surface area contributed by atoms with Gasteiger partial charge < -0.3 is 25.4 Å². The molecule has 1 aliphatic heterocycles. The average molecular weight is 434 g/mol. The summed E-state index contributed by atoms with van der Waals surface area (Å²) in [6.07, 6.45) is 5.84. The van der Waals surface area contributed by atoms with Crippen LogP contribution in [0.2, 0.25) is 0 Å². The third-order valence-electron chi connectivity index (χ3n) is 5.72. The Morgan fingerprint density at radius 1 is 1.07 bits per heavy atom. The second-order valence-electron chi connectivity index (χ2n) is 7.46. The van der Waals surface area contributed by atoms with Gasteiger partial charge in [-0.1, -0.05) is 6.42 Å². The zero-order valence-electron chi connectivity index (χ0n) is 16.7. The first-order valence-electron chi connectivity index (χ1n) is 9.62. The Bertz CT molecular complexity index is 602. The second-order valence-corrected chi connectivity index (χ2v) is 7.46. The number of methoxy groups -OCH3 is 2. The molecule has 0 aromatic heterocycles. The molecule has 2 fully saturated rings. The summed E-state index contributed by atoms with van der Waals surface area (Å²) in [6.45, 7) is 1.61. The number of nitrogens with one attached hydrogen (secondary N) is 1. The standard InChI is InChI=1S/C20H31N3O3.2ClH/c1-25-17-11-16(12-18(13-17)26-2)22-15-6-8-23(9-7-15)20(24)10-14-4-3-5-19(14)21;;/h11-15,19,22H,3-10,21H2,1-2H3;2*1H/t14-,19+;;/m0../s1.